The van der Waals surface area contributed by atoms with Gasteiger partial charge in [-0.25, -0.2) is 9.97 Å². The van der Waals surface area contributed by atoms with Crippen LogP contribution in [0.5, 0.6) is 0 Å². The number of rotatable bonds is 5. The highest BCUT2D eigenvalue weighted by Crippen LogP contribution is 2.29. The summed E-state index contributed by atoms with van der Waals surface area (Å²) in [5, 5.41) is 0. The van der Waals surface area contributed by atoms with E-state index in [1.54, 1.807) is 24.7 Å². The molecule has 0 bridgehead atoms. The van der Waals surface area contributed by atoms with Crippen LogP contribution in [0.3, 0.4) is 0 Å². The molecule has 0 spiro atoms. The second kappa shape index (κ2) is 7.14. The van der Waals surface area contributed by atoms with Gasteiger partial charge in [0.15, 0.2) is 6.10 Å². The predicted molar refractivity (Wildman–Crippen MR) is 91.8 cm³/mol. The summed E-state index contributed by atoms with van der Waals surface area (Å²) in [6.45, 7) is 2.20. The van der Waals surface area contributed by atoms with Crippen LogP contribution >= 0.6 is 0 Å². The minimum absolute atomic E-state index is 0.0359. The zero-order valence-electron chi connectivity index (χ0n) is 14.0. The standard InChI is InChI=1S/C18H21N5O2/c24-17(23(15-5-6-15)12-14-4-1-2-7-19-14)16-13-22(10-11-25-16)18-20-8-3-9-21-18/h1-4,7-9,15-16H,5-6,10-13H2. The third kappa shape index (κ3) is 3.76. The quantitative estimate of drug-likeness (QED) is 0.817. The zero-order chi connectivity index (χ0) is 17.1. The van der Waals surface area contributed by atoms with Gasteiger partial charge in [0.25, 0.3) is 5.91 Å². The number of nitrogens with zero attached hydrogens (tertiary/aromatic N) is 5. The highest BCUT2D eigenvalue weighted by atomic mass is 16.5. The van der Waals surface area contributed by atoms with Crippen molar-refractivity contribution in [3.63, 3.8) is 0 Å². The Morgan fingerprint density at radius 2 is 1.96 bits per heavy atom. The van der Waals surface area contributed by atoms with Crippen LogP contribution < -0.4 is 4.90 Å². The first-order chi connectivity index (χ1) is 12.3. The highest BCUT2D eigenvalue weighted by molar-refractivity contribution is 5.82. The smallest absolute Gasteiger partial charge is 0.254 e. The summed E-state index contributed by atoms with van der Waals surface area (Å²) < 4.78 is 5.78. The number of hydrogen-bond acceptors (Lipinski definition) is 6. The Hall–Kier alpha value is -2.54. The lowest BCUT2D eigenvalue weighted by atomic mass is 10.2. The van der Waals surface area contributed by atoms with Crippen molar-refractivity contribution >= 4 is 11.9 Å². The molecule has 7 nitrogen and oxygen atoms in total. The maximum absolute atomic E-state index is 13.1. The van der Waals surface area contributed by atoms with Crippen LogP contribution in [0.15, 0.2) is 42.9 Å². The minimum Gasteiger partial charge on any atom is -0.365 e. The molecule has 0 aromatic carbocycles. The Kier molecular flexibility index (Phi) is 4.56. The van der Waals surface area contributed by atoms with E-state index in [1.807, 2.05) is 28.0 Å². The normalized spacial score (nSPS) is 20.3. The molecule has 1 amide bonds. The summed E-state index contributed by atoms with van der Waals surface area (Å²) in [6.07, 6.45) is 6.81. The van der Waals surface area contributed by atoms with Gasteiger partial charge in [0.05, 0.1) is 25.4 Å². The summed E-state index contributed by atoms with van der Waals surface area (Å²) in [5.74, 6) is 0.681. The van der Waals surface area contributed by atoms with Crippen LogP contribution in [0.4, 0.5) is 5.95 Å². The Morgan fingerprint density at radius 1 is 1.16 bits per heavy atom. The number of pyridine rings is 1. The van der Waals surface area contributed by atoms with Crippen LogP contribution in [0.25, 0.3) is 0 Å². The van der Waals surface area contributed by atoms with Gasteiger partial charge in [0.2, 0.25) is 5.95 Å². The van der Waals surface area contributed by atoms with Gasteiger partial charge in [-0.2, -0.15) is 0 Å². The van der Waals surface area contributed by atoms with Gasteiger partial charge >= 0.3 is 0 Å². The number of morpholine rings is 1. The van der Waals surface area contributed by atoms with E-state index in [0.717, 1.165) is 18.5 Å². The van der Waals surface area contributed by atoms with Crippen LogP contribution in [0.2, 0.25) is 0 Å². The lowest BCUT2D eigenvalue weighted by Gasteiger charge is -2.35. The fraction of sp³-hybridized carbons (Fsp3) is 0.444. The molecule has 4 rings (SSSR count). The zero-order valence-corrected chi connectivity index (χ0v) is 14.0. The summed E-state index contributed by atoms with van der Waals surface area (Å²) in [5.41, 5.74) is 0.904. The molecule has 130 valence electrons. The van der Waals surface area contributed by atoms with E-state index in [-0.39, 0.29) is 5.91 Å². The molecule has 1 aliphatic heterocycles. The molecule has 1 atom stereocenters. The first kappa shape index (κ1) is 16.0. The monoisotopic (exact) mass is 339 g/mol. The third-order valence-corrected chi connectivity index (χ3v) is 4.51. The van der Waals surface area contributed by atoms with E-state index in [9.17, 15) is 4.79 Å². The van der Waals surface area contributed by atoms with Crippen molar-refractivity contribution in [2.24, 2.45) is 0 Å². The van der Waals surface area contributed by atoms with E-state index >= 15 is 0 Å². The van der Waals surface area contributed by atoms with Crippen LogP contribution in [-0.2, 0) is 16.1 Å². The number of carbonyl (C=O) groups is 1. The molecule has 2 aliphatic rings. The molecule has 2 aromatic heterocycles. The molecule has 2 fully saturated rings. The van der Waals surface area contributed by atoms with Crippen molar-refractivity contribution in [1.29, 1.82) is 0 Å². The molecular formula is C18H21N5O2. The second-order valence-electron chi connectivity index (χ2n) is 6.37. The lowest BCUT2D eigenvalue weighted by molar-refractivity contribution is -0.145. The Morgan fingerprint density at radius 3 is 2.68 bits per heavy atom. The molecule has 25 heavy (non-hydrogen) atoms. The number of amides is 1. The van der Waals surface area contributed by atoms with E-state index < -0.39 is 6.10 Å². The first-order valence-electron chi connectivity index (χ1n) is 8.65. The van der Waals surface area contributed by atoms with Crippen molar-refractivity contribution in [1.82, 2.24) is 19.9 Å². The average Bonchev–Trinajstić information content (AvgIpc) is 3.52. The van der Waals surface area contributed by atoms with Crippen LogP contribution in [0, 0.1) is 0 Å². The van der Waals surface area contributed by atoms with Crippen LogP contribution in [0.1, 0.15) is 18.5 Å². The van der Waals surface area contributed by atoms with Gasteiger partial charge in [-0.05, 0) is 31.0 Å². The number of anilines is 1. The van der Waals surface area contributed by atoms with Crippen molar-refractivity contribution in [3.05, 3.63) is 48.5 Å². The van der Waals surface area contributed by atoms with Crippen LogP contribution in [-0.4, -0.2) is 57.6 Å². The van der Waals surface area contributed by atoms with Gasteiger partial charge in [0, 0.05) is 31.2 Å². The molecule has 3 heterocycles. The summed E-state index contributed by atoms with van der Waals surface area (Å²) >= 11 is 0. The number of carbonyl (C=O) groups excluding carboxylic acids is 1. The SMILES string of the molecule is O=C(C1CN(c2ncccn2)CCO1)N(Cc1ccccn1)C1CC1. The molecule has 0 radical (unpaired) electrons. The first-order valence-corrected chi connectivity index (χ1v) is 8.65. The number of ether oxygens (including phenoxy) is 1. The van der Waals surface area contributed by atoms with E-state index in [1.165, 1.54) is 0 Å². The Labute approximate surface area is 146 Å². The van der Waals surface area contributed by atoms with E-state index in [2.05, 4.69) is 15.0 Å². The fourth-order valence-electron chi connectivity index (χ4n) is 3.06. The molecule has 1 aliphatic carbocycles. The van der Waals surface area contributed by atoms with Gasteiger partial charge in [-0.3, -0.25) is 9.78 Å². The topological polar surface area (TPSA) is 71.5 Å². The maximum atomic E-state index is 13.1. The summed E-state index contributed by atoms with van der Waals surface area (Å²) in [6, 6.07) is 7.88. The van der Waals surface area contributed by atoms with Gasteiger partial charge in [-0.1, -0.05) is 6.07 Å². The van der Waals surface area contributed by atoms with Crippen molar-refractivity contribution in [2.45, 2.75) is 31.5 Å². The number of hydrogen-bond donors (Lipinski definition) is 0. The van der Waals surface area contributed by atoms with E-state index in [4.69, 9.17) is 4.74 Å². The average molecular weight is 339 g/mol. The molecule has 1 unspecified atom stereocenters. The lowest BCUT2D eigenvalue weighted by Crippen LogP contribution is -2.52. The largest absolute Gasteiger partial charge is 0.365 e. The molecule has 1 saturated heterocycles. The summed E-state index contributed by atoms with van der Waals surface area (Å²) in [7, 11) is 0. The molecular weight excluding hydrogens is 318 g/mol. The van der Waals surface area contributed by atoms with Crippen molar-refractivity contribution in [2.75, 3.05) is 24.6 Å². The second-order valence-corrected chi connectivity index (χ2v) is 6.37. The minimum atomic E-state index is -0.484. The van der Waals surface area contributed by atoms with Gasteiger partial charge in [-0.15, -0.1) is 0 Å². The Balaban J connectivity index is 1.46. The Bertz CT molecular complexity index is 708. The van der Waals surface area contributed by atoms with E-state index in [0.29, 0.717) is 38.2 Å². The van der Waals surface area contributed by atoms with Gasteiger partial charge < -0.3 is 14.5 Å². The predicted octanol–water partition coefficient (Wildman–Crippen LogP) is 1.27. The van der Waals surface area contributed by atoms with Gasteiger partial charge in [0.1, 0.15) is 0 Å². The molecule has 0 N–H and O–H groups in total. The highest BCUT2D eigenvalue weighted by Gasteiger charge is 2.38. The summed E-state index contributed by atoms with van der Waals surface area (Å²) in [4.78, 5) is 29.9. The third-order valence-electron chi connectivity index (χ3n) is 4.51. The van der Waals surface area contributed by atoms with Crippen molar-refractivity contribution in [3.8, 4) is 0 Å². The van der Waals surface area contributed by atoms with Crippen molar-refractivity contribution < 1.29 is 9.53 Å². The maximum Gasteiger partial charge on any atom is 0.254 e. The number of aromatic nitrogens is 3. The fourth-order valence-corrected chi connectivity index (χ4v) is 3.06. The molecule has 7 heteroatoms. The molecule has 2 aromatic rings. The molecule has 1 saturated carbocycles.